The van der Waals surface area contributed by atoms with Crippen molar-refractivity contribution in [2.24, 2.45) is 81.8 Å². The highest BCUT2D eigenvalue weighted by Gasteiger charge is 2.60. The van der Waals surface area contributed by atoms with E-state index in [2.05, 4.69) is 0 Å². The maximum atomic E-state index is 6.33. The Hall–Kier alpha value is -0.400. The summed E-state index contributed by atoms with van der Waals surface area (Å²) in [6, 6.07) is 0. The van der Waals surface area contributed by atoms with Crippen LogP contribution in [0.3, 0.4) is 0 Å². The summed E-state index contributed by atoms with van der Waals surface area (Å²) < 4.78 is 57.5. The lowest BCUT2D eigenvalue weighted by Gasteiger charge is -2.62. The molecule has 4 atom stereocenters. The molecule has 5 aliphatic heterocycles. The van der Waals surface area contributed by atoms with E-state index in [1.807, 2.05) is 83.1 Å². The van der Waals surface area contributed by atoms with E-state index in [1.54, 1.807) is 83.5 Å². The number of rotatable bonds is 0. The number of fused-ring (bicyclic) bond motifs is 6. The highest BCUT2D eigenvalue weighted by molar-refractivity contribution is 5.07. The molecular weight excluding hydrogens is 1230 g/mol. The molecule has 10 heteroatoms. The van der Waals surface area contributed by atoms with Crippen LogP contribution in [0.25, 0.3) is 0 Å². The van der Waals surface area contributed by atoms with Gasteiger partial charge in [-0.1, -0.05) is 140 Å². The SMILES string of the molecule is C1CCCC2(CC1)C1CC3CC(C1)CC2C3.C1CCCC2(CC1)CCCCC2.C1CCOC2(CC3CCC2C3)OC1.C1CCOC2(CC3CCC2C3)OCC1.C1CCOC2(OCC1)C1CC3CC(C1)CC2C3.CC.CC.CC.CC.CC.CC1OCCCCCO1.CC1OCCCCO1. The third kappa shape index (κ3) is 24.8. The molecule has 15 saturated carbocycles. The van der Waals surface area contributed by atoms with Crippen LogP contribution in [-0.4, -0.2) is 96.0 Å². The normalized spacial score (nSPS) is 35.9. The molecule has 582 valence electrons. The van der Waals surface area contributed by atoms with Gasteiger partial charge in [0.2, 0.25) is 0 Å². The molecule has 15 aliphatic carbocycles. The van der Waals surface area contributed by atoms with Gasteiger partial charge in [0, 0.05) is 62.9 Å². The van der Waals surface area contributed by atoms with Crippen LogP contribution >= 0.6 is 0 Å². The largest absolute Gasteiger partial charge is 0.353 e. The number of ether oxygens (including phenoxy) is 10. The van der Waals surface area contributed by atoms with Crippen molar-refractivity contribution in [2.75, 3.05) is 66.1 Å². The van der Waals surface area contributed by atoms with Crippen LogP contribution in [0.2, 0.25) is 0 Å². The molecule has 20 aliphatic rings. The van der Waals surface area contributed by atoms with Gasteiger partial charge in [-0.05, 0) is 297 Å². The third-order valence-corrected chi connectivity index (χ3v) is 27.5. The monoisotopic (exact) mass is 1400 g/mol. The Bertz CT molecular complexity index is 1900. The van der Waals surface area contributed by atoms with Gasteiger partial charge in [-0.15, -0.1) is 0 Å². The molecule has 20 fully saturated rings. The Kier molecular flexibility index (Phi) is 40.5. The van der Waals surface area contributed by atoms with E-state index in [0.717, 1.165) is 143 Å². The second-order valence-electron chi connectivity index (χ2n) is 33.5. The average Bonchev–Trinajstić information content (AvgIpc) is 1.73. The van der Waals surface area contributed by atoms with E-state index < -0.39 is 0 Å². The van der Waals surface area contributed by atoms with Crippen molar-refractivity contribution in [3.05, 3.63) is 0 Å². The lowest BCUT2D eigenvalue weighted by molar-refractivity contribution is -0.342. The molecule has 12 bridgehead atoms. The second-order valence-corrected chi connectivity index (χ2v) is 33.5. The summed E-state index contributed by atoms with van der Waals surface area (Å²) in [7, 11) is 0. The predicted molar refractivity (Wildman–Crippen MR) is 412 cm³/mol. The topological polar surface area (TPSA) is 92.3 Å². The van der Waals surface area contributed by atoms with Crippen molar-refractivity contribution in [2.45, 2.75) is 421 Å². The van der Waals surface area contributed by atoms with Crippen molar-refractivity contribution in [1.82, 2.24) is 0 Å². The highest BCUT2D eigenvalue weighted by atomic mass is 16.7. The Balaban J connectivity index is 0.000000161. The van der Waals surface area contributed by atoms with Gasteiger partial charge in [0.25, 0.3) is 0 Å². The molecule has 5 saturated heterocycles. The van der Waals surface area contributed by atoms with Gasteiger partial charge < -0.3 is 47.4 Å². The van der Waals surface area contributed by atoms with Crippen molar-refractivity contribution < 1.29 is 47.4 Å². The van der Waals surface area contributed by atoms with Crippen molar-refractivity contribution in [3.63, 3.8) is 0 Å². The first-order chi connectivity index (χ1) is 48.7. The van der Waals surface area contributed by atoms with Gasteiger partial charge in [0.05, 0.1) is 39.6 Å². The first kappa shape index (κ1) is 85.8. The van der Waals surface area contributed by atoms with E-state index in [0.29, 0.717) is 5.92 Å². The molecule has 0 N–H and O–H groups in total. The predicted octanol–water partition coefficient (Wildman–Crippen LogP) is 25.3. The Morgan fingerprint density at radius 1 is 0.222 bits per heavy atom. The first-order valence-electron chi connectivity index (χ1n) is 45.0. The zero-order valence-corrected chi connectivity index (χ0v) is 67.7. The van der Waals surface area contributed by atoms with E-state index in [4.69, 9.17) is 47.4 Å². The summed E-state index contributed by atoms with van der Waals surface area (Å²) in [5, 5.41) is 0. The fourth-order valence-corrected chi connectivity index (χ4v) is 23.3. The molecule has 0 radical (unpaired) electrons. The lowest BCUT2D eigenvalue weighted by atomic mass is 9.43. The van der Waals surface area contributed by atoms with E-state index >= 15 is 0 Å². The maximum Gasteiger partial charge on any atom is 0.173 e. The summed E-state index contributed by atoms with van der Waals surface area (Å²) in [4.78, 5) is 0. The molecule has 5 heterocycles. The molecular formula is C89H166O10. The molecule has 0 amide bonds. The van der Waals surface area contributed by atoms with Crippen LogP contribution in [0.15, 0.2) is 0 Å². The van der Waals surface area contributed by atoms with Crippen LogP contribution in [0.5, 0.6) is 0 Å². The van der Waals surface area contributed by atoms with Gasteiger partial charge in [-0.2, -0.15) is 0 Å². The van der Waals surface area contributed by atoms with Crippen LogP contribution in [0.1, 0.15) is 391 Å². The quantitative estimate of drug-likeness (QED) is 0.233. The molecule has 0 aromatic heterocycles. The Labute approximate surface area is 613 Å². The summed E-state index contributed by atoms with van der Waals surface area (Å²) in [5.41, 5.74) is 1.71. The maximum absolute atomic E-state index is 6.33. The van der Waals surface area contributed by atoms with Crippen LogP contribution in [0, 0.1) is 81.8 Å². The van der Waals surface area contributed by atoms with Crippen LogP contribution in [-0.2, 0) is 47.4 Å². The van der Waals surface area contributed by atoms with Gasteiger partial charge in [0.1, 0.15) is 0 Å². The van der Waals surface area contributed by atoms with E-state index in [-0.39, 0.29) is 29.9 Å². The van der Waals surface area contributed by atoms with Gasteiger partial charge in [-0.25, -0.2) is 0 Å². The molecule has 20 rings (SSSR count). The summed E-state index contributed by atoms with van der Waals surface area (Å²) in [6.45, 7) is 32.9. The van der Waals surface area contributed by atoms with Crippen molar-refractivity contribution >= 4 is 0 Å². The van der Waals surface area contributed by atoms with Gasteiger partial charge >= 0.3 is 0 Å². The smallest absolute Gasteiger partial charge is 0.173 e. The summed E-state index contributed by atoms with van der Waals surface area (Å²) in [6.07, 6.45) is 67.8. The first-order valence-corrected chi connectivity index (χ1v) is 45.0. The lowest BCUT2D eigenvalue weighted by Crippen LogP contribution is -2.60. The van der Waals surface area contributed by atoms with Gasteiger partial charge in [-0.3, -0.25) is 0 Å². The molecule has 0 aromatic rings. The highest BCUT2D eigenvalue weighted by Crippen LogP contribution is 2.66. The second kappa shape index (κ2) is 46.7. The van der Waals surface area contributed by atoms with Crippen molar-refractivity contribution in [3.8, 4) is 0 Å². The average molecular weight is 1400 g/mol. The summed E-state index contributed by atoms with van der Waals surface area (Å²) in [5.74, 6) is 10.9. The molecule has 5 spiro atoms. The molecule has 0 aromatic carbocycles. The minimum absolute atomic E-state index is 0.0188. The van der Waals surface area contributed by atoms with Gasteiger partial charge in [0.15, 0.2) is 29.9 Å². The van der Waals surface area contributed by atoms with Crippen LogP contribution < -0.4 is 0 Å². The van der Waals surface area contributed by atoms with E-state index in [9.17, 15) is 0 Å². The minimum Gasteiger partial charge on any atom is -0.353 e. The number of hydrogen-bond acceptors (Lipinski definition) is 10. The Morgan fingerprint density at radius 3 is 0.788 bits per heavy atom. The van der Waals surface area contributed by atoms with E-state index in [1.165, 1.54) is 224 Å². The third-order valence-electron chi connectivity index (χ3n) is 27.5. The number of hydrogen-bond donors (Lipinski definition) is 0. The fourth-order valence-electron chi connectivity index (χ4n) is 23.3. The molecule has 10 nitrogen and oxygen atoms in total. The van der Waals surface area contributed by atoms with Crippen molar-refractivity contribution in [1.29, 1.82) is 0 Å². The zero-order valence-electron chi connectivity index (χ0n) is 67.7. The molecule has 99 heavy (non-hydrogen) atoms. The minimum atomic E-state index is -0.145. The molecule has 4 unspecified atom stereocenters. The standard InChI is InChI=1S/C16H26.C15H24O2.C12H20O2.C12H22.C11H18O2.C7H14O2.C6H12O2.5C2H6/c1-2-4-6-16(5-3-1)14-8-12-7-13(10-14)11-15(16)9-12;1-2-4-16-15(17-5-3-1)13-7-11-6-12(9-13)10-14(15)8-11;1-2-6-13-12(14-7-3-1)9-10-4-5-11(12)8-10;1-2-5-9-12(8-4-1)10-6-3-7-11-12;1-2-6-13-11(12-5-1)8-9-3-4-10(11)7-9;1-7-8-5-3-2-4-6-9-7;1-6-7-4-2-3-5-8-6;5*1-2/h12-15H,1-11H2;11-14H,1-10H2;10-11H,1-9H2;1-11H2;9-10H,1-8H2;7H,2-6H2,1H3;6H,2-5H2,1H3;5*1-2H3. The summed E-state index contributed by atoms with van der Waals surface area (Å²) >= 11 is 0. The fraction of sp³-hybridized carbons (Fsp3) is 1.00. The Morgan fingerprint density at radius 2 is 0.475 bits per heavy atom. The zero-order chi connectivity index (χ0) is 70.7. The van der Waals surface area contributed by atoms with Crippen LogP contribution in [0.4, 0.5) is 0 Å².